The second-order valence-corrected chi connectivity index (χ2v) is 5.77. The highest BCUT2D eigenvalue weighted by Gasteiger charge is 2.33. The lowest BCUT2D eigenvalue weighted by atomic mass is 10.2. The molecule has 1 atom stereocenters. The molecule has 2 fully saturated rings. The average Bonchev–Trinajstić information content (AvgIpc) is 3.31. The molecule has 1 aliphatic heterocycles. The molecule has 1 amide bonds. The standard InChI is InChI=1S/C14H18N4O2S/c15-13(21)9-3-4-16-12(7-9)18-5-6-20-8-11(18)14(19)17-10-1-2-10/h3-4,7,10-11H,1-2,5-6,8H2,(H2,15,21)(H,17,19). The Hall–Kier alpha value is -1.73. The summed E-state index contributed by atoms with van der Waals surface area (Å²) in [5.74, 6) is 0.708. The van der Waals surface area contributed by atoms with Gasteiger partial charge in [-0.3, -0.25) is 4.79 Å². The summed E-state index contributed by atoms with van der Waals surface area (Å²) in [5.41, 5.74) is 6.41. The molecule has 0 radical (unpaired) electrons. The van der Waals surface area contributed by atoms with E-state index >= 15 is 0 Å². The lowest BCUT2D eigenvalue weighted by molar-refractivity contribution is -0.124. The molecule has 0 aromatic carbocycles. The Bertz CT molecular complexity index is 562. The van der Waals surface area contributed by atoms with Gasteiger partial charge in [-0.2, -0.15) is 0 Å². The zero-order chi connectivity index (χ0) is 14.8. The Morgan fingerprint density at radius 2 is 2.33 bits per heavy atom. The van der Waals surface area contributed by atoms with E-state index in [9.17, 15) is 4.79 Å². The first-order valence-electron chi connectivity index (χ1n) is 7.06. The molecule has 1 saturated carbocycles. The Morgan fingerprint density at radius 3 is 3.05 bits per heavy atom. The van der Waals surface area contributed by atoms with Gasteiger partial charge in [-0.25, -0.2) is 4.98 Å². The molecule has 0 spiro atoms. The molecule has 2 aliphatic rings. The van der Waals surface area contributed by atoms with Crippen LogP contribution in [0.15, 0.2) is 18.3 Å². The lowest BCUT2D eigenvalue weighted by Gasteiger charge is -2.35. The molecule has 1 saturated heterocycles. The number of nitrogens with two attached hydrogens (primary N) is 1. The molecule has 3 N–H and O–H groups in total. The number of pyridine rings is 1. The Kier molecular flexibility index (Phi) is 4.03. The number of ether oxygens (including phenoxy) is 1. The third-order valence-electron chi connectivity index (χ3n) is 3.68. The molecule has 0 bridgehead atoms. The predicted molar refractivity (Wildman–Crippen MR) is 83.2 cm³/mol. The summed E-state index contributed by atoms with van der Waals surface area (Å²) >= 11 is 5.00. The van der Waals surface area contributed by atoms with E-state index in [-0.39, 0.29) is 11.9 Å². The van der Waals surface area contributed by atoms with E-state index in [0.717, 1.165) is 18.4 Å². The summed E-state index contributed by atoms with van der Waals surface area (Å²) in [6, 6.07) is 3.57. The van der Waals surface area contributed by atoms with Crippen LogP contribution in [-0.4, -0.2) is 47.7 Å². The van der Waals surface area contributed by atoms with Gasteiger partial charge < -0.3 is 20.7 Å². The number of carbonyl (C=O) groups excluding carboxylic acids is 1. The zero-order valence-electron chi connectivity index (χ0n) is 11.6. The minimum absolute atomic E-state index is 0.000252. The van der Waals surface area contributed by atoms with Crippen LogP contribution in [0.1, 0.15) is 18.4 Å². The maximum Gasteiger partial charge on any atom is 0.245 e. The van der Waals surface area contributed by atoms with Gasteiger partial charge in [0.05, 0.1) is 13.2 Å². The smallest absolute Gasteiger partial charge is 0.245 e. The van der Waals surface area contributed by atoms with Crippen molar-refractivity contribution in [1.29, 1.82) is 0 Å². The van der Waals surface area contributed by atoms with Crippen LogP contribution in [0.25, 0.3) is 0 Å². The number of morpholine rings is 1. The van der Waals surface area contributed by atoms with Gasteiger partial charge in [0.2, 0.25) is 5.91 Å². The maximum absolute atomic E-state index is 12.3. The summed E-state index contributed by atoms with van der Waals surface area (Å²) in [7, 11) is 0. The van der Waals surface area contributed by atoms with Gasteiger partial charge in [-0.1, -0.05) is 12.2 Å². The lowest BCUT2D eigenvalue weighted by Crippen LogP contribution is -2.54. The average molecular weight is 306 g/mol. The largest absolute Gasteiger partial charge is 0.389 e. The van der Waals surface area contributed by atoms with Crippen LogP contribution in [0.4, 0.5) is 5.82 Å². The molecule has 2 heterocycles. The highest BCUT2D eigenvalue weighted by molar-refractivity contribution is 7.80. The van der Waals surface area contributed by atoms with E-state index in [4.69, 9.17) is 22.7 Å². The number of aromatic nitrogens is 1. The van der Waals surface area contributed by atoms with Crippen molar-refractivity contribution < 1.29 is 9.53 Å². The van der Waals surface area contributed by atoms with Crippen molar-refractivity contribution >= 4 is 28.9 Å². The van der Waals surface area contributed by atoms with Gasteiger partial charge >= 0.3 is 0 Å². The fourth-order valence-corrected chi connectivity index (χ4v) is 2.48. The van der Waals surface area contributed by atoms with E-state index < -0.39 is 0 Å². The molecule has 1 unspecified atom stereocenters. The first-order valence-corrected chi connectivity index (χ1v) is 7.46. The molecule has 112 valence electrons. The summed E-state index contributed by atoms with van der Waals surface area (Å²) < 4.78 is 5.45. The fourth-order valence-electron chi connectivity index (χ4n) is 2.35. The van der Waals surface area contributed by atoms with Crippen LogP contribution in [0, 0.1) is 0 Å². The number of hydrogen-bond donors (Lipinski definition) is 2. The number of nitrogens with one attached hydrogen (secondary N) is 1. The van der Waals surface area contributed by atoms with Gasteiger partial charge in [0.1, 0.15) is 16.8 Å². The van der Waals surface area contributed by atoms with E-state index in [2.05, 4.69) is 10.3 Å². The molecule has 1 aromatic rings. The molecular formula is C14H18N4O2S. The first kappa shape index (κ1) is 14.2. The van der Waals surface area contributed by atoms with Crippen molar-refractivity contribution in [1.82, 2.24) is 10.3 Å². The number of hydrogen-bond acceptors (Lipinski definition) is 5. The molecular weight excluding hydrogens is 288 g/mol. The van der Waals surface area contributed by atoms with Gasteiger partial charge in [0, 0.05) is 24.3 Å². The number of nitrogens with zero attached hydrogens (tertiary/aromatic N) is 2. The summed E-state index contributed by atoms with van der Waals surface area (Å²) in [6.07, 6.45) is 3.79. The normalized spacial score (nSPS) is 21.9. The zero-order valence-corrected chi connectivity index (χ0v) is 12.4. The Balaban J connectivity index is 1.81. The van der Waals surface area contributed by atoms with E-state index in [1.807, 2.05) is 11.0 Å². The topological polar surface area (TPSA) is 80.5 Å². The van der Waals surface area contributed by atoms with Crippen molar-refractivity contribution in [2.24, 2.45) is 5.73 Å². The summed E-state index contributed by atoms with van der Waals surface area (Å²) in [4.78, 5) is 19.0. The van der Waals surface area contributed by atoms with Gasteiger partial charge in [0.25, 0.3) is 0 Å². The van der Waals surface area contributed by atoms with Crippen LogP contribution >= 0.6 is 12.2 Å². The van der Waals surface area contributed by atoms with Crippen LogP contribution < -0.4 is 16.0 Å². The quantitative estimate of drug-likeness (QED) is 0.774. The highest BCUT2D eigenvalue weighted by atomic mass is 32.1. The minimum atomic E-state index is -0.353. The monoisotopic (exact) mass is 306 g/mol. The number of rotatable bonds is 4. The molecule has 21 heavy (non-hydrogen) atoms. The summed E-state index contributed by atoms with van der Waals surface area (Å²) in [5, 5.41) is 3.02. The highest BCUT2D eigenvalue weighted by Crippen LogP contribution is 2.22. The number of thiocarbonyl (C=S) groups is 1. The second-order valence-electron chi connectivity index (χ2n) is 5.33. The maximum atomic E-state index is 12.3. The predicted octanol–water partition coefficient (Wildman–Crippen LogP) is 0.200. The van der Waals surface area contributed by atoms with Crippen molar-refractivity contribution in [3.63, 3.8) is 0 Å². The first-order chi connectivity index (χ1) is 10.1. The van der Waals surface area contributed by atoms with Gasteiger partial charge in [-0.05, 0) is 25.0 Å². The van der Waals surface area contributed by atoms with E-state index in [1.54, 1.807) is 12.3 Å². The minimum Gasteiger partial charge on any atom is -0.389 e. The molecule has 1 aliphatic carbocycles. The second kappa shape index (κ2) is 5.95. The molecule has 3 rings (SSSR count). The third-order valence-corrected chi connectivity index (χ3v) is 3.91. The van der Waals surface area contributed by atoms with Gasteiger partial charge in [0.15, 0.2) is 0 Å². The third kappa shape index (κ3) is 3.30. The van der Waals surface area contributed by atoms with Crippen molar-refractivity contribution in [3.05, 3.63) is 23.9 Å². The molecule has 6 nitrogen and oxygen atoms in total. The van der Waals surface area contributed by atoms with Crippen molar-refractivity contribution in [2.45, 2.75) is 24.9 Å². The van der Waals surface area contributed by atoms with Crippen LogP contribution in [0.2, 0.25) is 0 Å². The van der Waals surface area contributed by atoms with Crippen molar-refractivity contribution in [3.8, 4) is 0 Å². The summed E-state index contributed by atoms with van der Waals surface area (Å²) in [6.45, 7) is 1.57. The van der Waals surface area contributed by atoms with E-state index in [0.29, 0.717) is 36.6 Å². The number of carbonyl (C=O) groups is 1. The fraction of sp³-hybridized carbons (Fsp3) is 0.500. The van der Waals surface area contributed by atoms with Crippen LogP contribution in [0.3, 0.4) is 0 Å². The molecule has 7 heteroatoms. The van der Waals surface area contributed by atoms with E-state index in [1.165, 1.54) is 0 Å². The van der Waals surface area contributed by atoms with Crippen LogP contribution in [-0.2, 0) is 9.53 Å². The Labute approximate surface area is 128 Å². The van der Waals surface area contributed by atoms with Gasteiger partial charge in [-0.15, -0.1) is 0 Å². The Morgan fingerprint density at radius 1 is 1.52 bits per heavy atom. The van der Waals surface area contributed by atoms with Crippen molar-refractivity contribution in [2.75, 3.05) is 24.7 Å². The number of anilines is 1. The van der Waals surface area contributed by atoms with Crippen LogP contribution in [0.5, 0.6) is 0 Å². The molecule has 1 aromatic heterocycles. The number of amides is 1. The SMILES string of the molecule is NC(=S)c1ccnc(N2CCOCC2C(=O)NC2CC2)c1.